The van der Waals surface area contributed by atoms with Crippen LogP contribution in [0.4, 0.5) is 0 Å². The van der Waals surface area contributed by atoms with Crippen LogP contribution in [0.15, 0.2) is 29.3 Å². The van der Waals surface area contributed by atoms with Gasteiger partial charge in [-0.15, -0.1) is 0 Å². The smallest absolute Gasteiger partial charge is 0.191 e. The van der Waals surface area contributed by atoms with Crippen molar-refractivity contribution in [2.24, 2.45) is 4.99 Å². The van der Waals surface area contributed by atoms with Crippen LogP contribution >= 0.6 is 11.8 Å². The first-order chi connectivity index (χ1) is 12.3. The van der Waals surface area contributed by atoms with Crippen LogP contribution in [0.5, 0.6) is 5.75 Å². The highest BCUT2D eigenvalue weighted by Gasteiger charge is 2.23. The van der Waals surface area contributed by atoms with Gasteiger partial charge in [-0.25, -0.2) is 0 Å². The molecule has 1 aromatic rings. The van der Waals surface area contributed by atoms with Crippen molar-refractivity contribution in [3.8, 4) is 5.75 Å². The third-order valence-electron chi connectivity index (χ3n) is 4.59. The summed E-state index contributed by atoms with van der Waals surface area (Å²) in [6.07, 6.45) is 5.86. The van der Waals surface area contributed by atoms with Crippen molar-refractivity contribution in [3.63, 3.8) is 0 Å². The van der Waals surface area contributed by atoms with Gasteiger partial charge >= 0.3 is 0 Å². The van der Waals surface area contributed by atoms with Crippen molar-refractivity contribution in [2.75, 3.05) is 52.3 Å². The lowest BCUT2D eigenvalue weighted by Gasteiger charge is -2.29. The number of hydrogen-bond donors (Lipinski definition) is 2. The summed E-state index contributed by atoms with van der Waals surface area (Å²) < 4.78 is 5.29. The summed E-state index contributed by atoms with van der Waals surface area (Å²) in [5.74, 6) is 2.97. The van der Waals surface area contributed by atoms with Gasteiger partial charge in [-0.05, 0) is 62.1 Å². The second kappa shape index (κ2) is 11.3. The first kappa shape index (κ1) is 19.9. The van der Waals surface area contributed by atoms with Gasteiger partial charge in [-0.1, -0.05) is 12.1 Å². The van der Waals surface area contributed by atoms with Crippen molar-refractivity contribution in [1.82, 2.24) is 15.5 Å². The highest BCUT2D eigenvalue weighted by atomic mass is 32.2. The van der Waals surface area contributed by atoms with Gasteiger partial charge in [0, 0.05) is 20.1 Å². The molecule has 2 N–H and O–H groups in total. The van der Waals surface area contributed by atoms with Crippen LogP contribution in [-0.4, -0.2) is 63.2 Å². The molecule has 1 atom stereocenters. The van der Waals surface area contributed by atoms with Crippen LogP contribution in [0.3, 0.4) is 0 Å². The van der Waals surface area contributed by atoms with Gasteiger partial charge in [0.15, 0.2) is 5.96 Å². The molecule has 6 heteroatoms. The molecule has 2 rings (SSSR count). The van der Waals surface area contributed by atoms with Crippen LogP contribution in [0.25, 0.3) is 0 Å². The molecule has 1 saturated heterocycles. The molecule has 1 heterocycles. The fourth-order valence-corrected chi connectivity index (χ4v) is 3.61. The molecule has 0 radical (unpaired) electrons. The van der Waals surface area contributed by atoms with Gasteiger partial charge in [-0.2, -0.15) is 11.8 Å². The van der Waals surface area contributed by atoms with Crippen molar-refractivity contribution in [2.45, 2.75) is 25.3 Å². The number of rotatable bonds is 9. The third-order valence-corrected chi connectivity index (χ3v) is 5.28. The van der Waals surface area contributed by atoms with Crippen molar-refractivity contribution < 1.29 is 4.74 Å². The van der Waals surface area contributed by atoms with Gasteiger partial charge in [0.1, 0.15) is 5.75 Å². The molecule has 1 fully saturated rings. The first-order valence-electron chi connectivity index (χ1n) is 9.10. The molecule has 0 aliphatic carbocycles. The molecule has 0 aromatic heterocycles. The topological polar surface area (TPSA) is 48.9 Å². The predicted molar refractivity (Wildman–Crippen MR) is 109 cm³/mol. The molecule has 0 spiro atoms. The predicted octanol–water partition coefficient (Wildman–Crippen LogP) is 2.75. The minimum Gasteiger partial charge on any atom is -0.497 e. The molecule has 1 aliphatic heterocycles. The maximum atomic E-state index is 5.29. The number of aliphatic imine (C=N–C) groups is 1. The van der Waals surface area contributed by atoms with E-state index < -0.39 is 0 Å². The van der Waals surface area contributed by atoms with Gasteiger partial charge in [0.05, 0.1) is 13.2 Å². The Hall–Kier alpha value is -1.40. The number of guanidine groups is 1. The zero-order chi connectivity index (χ0) is 17.9. The van der Waals surface area contributed by atoms with E-state index in [1.54, 1.807) is 7.11 Å². The average Bonchev–Trinajstić information content (AvgIpc) is 3.18. The summed E-state index contributed by atoms with van der Waals surface area (Å²) >= 11 is 1.88. The second-order valence-corrected chi connectivity index (χ2v) is 7.24. The third kappa shape index (κ3) is 6.44. The minimum absolute atomic E-state index is 0.359. The molecule has 1 aliphatic rings. The first-order valence-corrected chi connectivity index (χ1v) is 10.5. The quantitative estimate of drug-likeness (QED) is 0.401. The Morgan fingerprint density at radius 1 is 1.24 bits per heavy atom. The van der Waals surface area contributed by atoms with E-state index in [2.05, 4.69) is 38.9 Å². The number of thioether (sulfide) groups is 1. The SMILES string of the molecule is CN=C(NCCCSC)NCC(c1ccc(OC)cc1)N1CCCC1. The van der Waals surface area contributed by atoms with E-state index >= 15 is 0 Å². The largest absolute Gasteiger partial charge is 0.497 e. The number of ether oxygens (including phenoxy) is 1. The monoisotopic (exact) mass is 364 g/mol. The molecule has 5 nitrogen and oxygen atoms in total. The molecular formula is C19H32N4OS. The molecule has 0 saturated carbocycles. The molecule has 1 unspecified atom stereocenters. The van der Waals surface area contributed by atoms with Crippen molar-refractivity contribution >= 4 is 17.7 Å². The normalized spacial score (nSPS) is 16.7. The van der Waals surface area contributed by atoms with Gasteiger partial charge in [0.2, 0.25) is 0 Å². The van der Waals surface area contributed by atoms with E-state index in [1.807, 2.05) is 30.9 Å². The highest BCUT2D eigenvalue weighted by Crippen LogP contribution is 2.26. The maximum absolute atomic E-state index is 5.29. The molecular weight excluding hydrogens is 332 g/mol. The van der Waals surface area contributed by atoms with E-state index in [1.165, 1.54) is 24.2 Å². The van der Waals surface area contributed by atoms with Crippen LogP contribution in [0.1, 0.15) is 30.9 Å². The summed E-state index contributed by atoms with van der Waals surface area (Å²) in [5.41, 5.74) is 1.33. The van der Waals surface area contributed by atoms with Crippen molar-refractivity contribution in [3.05, 3.63) is 29.8 Å². The van der Waals surface area contributed by atoms with Crippen LogP contribution in [0.2, 0.25) is 0 Å². The van der Waals surface area contributed by atoms with Gasteiger partial charge < -0.3 is 15.4 Å². The fraction of sp³-hybridized carbons (Fsp3) is 0.632. The zero-order valence-electron chi connectivity index (χ0n) is 15.8. The summed E-state index contributed by atoms with van der Waals surface area (Å²) in [6, 6.07) is 8.82. The number of methoxy groups -OCH3 is 1. The zero-order valence-corrected chi connectivity index (χ0v) is 16.6. The Morgan fingerprint density at radius 2 is 1.96 bits per heavy atom. The summed E-state index contributed by atoms with van der Waals surface area (Å²) in [4.78, 5) is 6.92. The lowest BCUT2D eigenvalue weighted by Crippen LogP contribution is -2.43. The Labute approximate surface area is 156 Å². The number of nitrogens with zero attached hydrogens (tertiary/aromatic N) is 2. The molecule has 25 heavy (non-hydrogen) atoms. The number of hydrogen-bond acceptors (Lipinski definition) is 4. The van der Waals surface area contributed by atoms with Crippen LogP contribution < -0.4 is 15.4 Å². The van der Waals surface area contributed by atoms with E-state index in [0.717, 1.165) is 44.3 Å². The lowest BCUT2D eigenvalue weighted by atomic mass is 10.1. The second-order valence-electron chi connectivity index (χ2n) is 6.26. The molecule has 0 amide bonds. The van der Waals surface area contributed by atoms with Gasteiger partial charge in [-0.3, -0.25) is 9.89 Å². The summed E-state index contributed by atoms with van der Waals surface area (Å²) in [5, 5.41) is 6.92. The maximum Gasteiger partial charge on any atom is 0.191 e. The molecule has 0 bridgehead atoms. The fourth-order valence-electron chi connectivity index (χ4n) is 3.17. The highest BCUT2D eigenvalue weighted by molar-refractivity contribution is 7.98. The van der Waals surface area contributed by atoms with Crippen LogP contribution in [-0.2, 0) is 0 Å². The molecule has 140 valence electrons. The number of likely N-dealkylation sites (tertiary alicyclic amines) is 1. The standard InChI is InChI=1S/C19H32N4OS/c1-20-19(21-11-6-14-25-3)22-15-18(23-12-4-5-13-23)16-7-9-17(24-2)10-8-16/h7-10,18H,4-6,11-15H2,1-3H3,(H2,20,21,22). The van der Waals surface area contributed by atoms with E-state index in [9.17, 15) is 0 Å². The Balaban J connectivity index is 1.95. The van der Waals surface area contributed by atoms with Crippen LogP contribution in [0, 0.1) is 0 Å². The molecule has 1 aromatic carbocycles. The van der Waals surface area contributed by atoms with Crippen molar-refractivity contribution in [1.29, 1.82) is 0 Å². The lowest BCUT2D eigenvalue weighted by molar-refractivity contribution is 0.245. The number of benzene rings is 1. The van der Waals surface area contributed by atoms with E-state index in [-0.39, 0.29) is 0 Å². The van der Waals surface area contributed by atoms with E-state index in [0.29, 0.717) is 6.04 Å². The minimum atomic E-state index is 0.359. The Bertz CT molecular complexity index is 515. The summed E-state index contributed by atoms with van der Waals surface area (Å²) in [7, 11) is 3.55. The van der Waals surface area contributed by atoms with E-state index in [4.69, 9.17) is 4.74 Å². The average molecular weight is 365 g/mol. The Morgan fingerprint density at radius 3 is 2.56 bits per heavy atom. The van der Waals surface area contributed by atoms with Gasteiger partial charge in [0.25, 0.3) is 0 Å². The summed E-state index contributed by atoms with van der Waals surface area (Å²) in [6.45, 7) is 4.14. The Kier molecular flexibility index (Phi) is 8.97. The number of nitrogens with one attached hydrogen (secondary N) is 2.